The number of carbonyl (C=O) groups excluding carboxylic acids is 1. The number of nitrogens with zero attached hydrogens (tertiary/aromatic N) is 1. The largest absolute Gasteiger partial charge is 0.377 e. The van der Waals surface area contributed by atoms with Crippen molar-refractivity contribution in [1.29, 1.82) is 0 Å². The summed E-state index contributed by atoms with van der Waals surface area (Å²) in [5.74, 6) is -0.529. The van der Waals surface area contributed by atoms with Crippen molar-refractivity contribution in [2.24, 2.45) is 0 Å². The van der Waals surface area contributed by atoms with Crippen LogP contribution in [0.25, 0.3) is 0 Å². The van der Waals surface area contributed by atoms with E-state index >= 15 is 0 Å². The second-order valence-electron chi connectivity index (χ2n) is 4.27. The minimum absolute atomic E-state index is 0.144. The van der Waals surface area contributed by atoms with Gasteiger partial charge in [-0.15, -0.1) is 0 Å². The normalized spacial score (nSPS) is 10.8. The van der Waals surface area contributed by atoms with Gasteiger partial charge in [-0.2, -0.15) is 0 Å². The Kier molecular flexibility index (Phi) is 5.75. The van der Waals surface area contributed by atoms with E-state index in [1.54, 1.807) is 11.9 Å². The molecule has 0 aliphatic rings. The van der Waals surface area contributed by atoms with Gasteiger partial charge < -0.3 is 9.64 Å². The summed E-state index contributed by atoms with van der Waals surface area (Å²) in [7, 11) is 1.70. The third-order valence-electron chi connectivity index (χ3n) is 2.39. The molecule has 100 valence electrons. The highest BCUT2D eigenvalue weighted by Gasteiger charge is 2.15. The SMILES string of the molecule is CC(C)OCCN(C)C(=O)c1ccc(F)cc1Br. The number of ether oxygens (including phenoxy) is 1. The molecule has 0 atom stereocenters. The highest BCUT2D eigenvalue weighted by molar-refractivity contribution is 9.10. The van der Waals surface area contributed by atoms with Crippen molar-refractivity contribution in [3.8, 4) is 0 Å². The maximum absolute atomic E-state index is 12.9. The van der Waals surface area contributed by atoms with E-state index in [-0.39, 0.29) is 17.8 Å². The lowest BCUT2D eigenvalue weighted by Gasteiger charge is -2.18. The molecule has 0 unspecified atom stereocenters. The van der Waals surface area contributed by atoms with Crippen LogP contribution >= 0.6 is 15.9 Å². The van der Waals surface area contributed by atoms with E-state index in [4.69, 9.17) is 4.74 Å². The summed E-state index contributed by atoms with van der Waals surface area (Å²) < 4.78 is 18.8. The number of benzene rings is 1. The molecule has 0 aromatic heterocycles. The van der Waals surface area contributed by atoms with Crippen LogP contribution in [0.15, 0.2) is 22.7 Å². The summed E-state index contributed by atoms with van der Waals surface area (Å²) in [4.78, 5) is 13.6. The van der Waals surface area contributed by atoms with Gasteiger partial charge in [0.05, 0.1) is 18.3 Å². The molecule has 1 aromatic carbocycles. The number of amides is 1. The summed E-state index contributed by atoms with van der Waals surface area (Å²) in [6, 6.07) is 4.03. The Bertz CT molecular complexity index is 423. The van der Waals surface area contributed by atoms with Gasteiger partial charge >= 0.3 is 0 Å². The Morgan fingerprint density at radius 2 is 2.17 bits per heavy atom. The third-order valence-corrected chi connectivity index (χ3v) is 3.04. The van der Waals surface area contributed by atoms with Crippen LogP contribution < -0.4 is 0 Å². The molecule has 1 rings (SSSR count). The fraction of sp³-hybridized carbons (Fsp3) is 0.462. The highest BCUT2D eigenvalue weighted by atomic mass is 79.9. The zero-order chi connectivity index (χ0) is 13.7. The summed E-state index contributed by atoms with van der Waals surface area (Å²) in [6.07, 6.45) is 0.144. The zero-order valence-corrected chi connectivity index (χ0v) is 12.3. The first-order chi connectivity index (χ1) is 8.41. The third kappa shape index (κ3) is 4.38. The Balaban J connectivity index is 2.63. The van der Waals surface area contributed by atoms with Crippen LogP contribution in [0.5, 0.6) is 0 Å². The maximum atomic E-state index is 12.9. The minimum atomic E-state index is -0.371. The van der Waals surface area contributed by atoms with Crippen molar-refractivity contribution >= 4 is 21.8 Å². The van der Waals surface area contributed by atoms with E-state index in [0.29, 0.717) is 23.2 Å². The lowest BCUT2D eigenvalue weighted by molar-refractivity contribution is 0.0531. The van der Waals surface area contributed by atoms with Crippen molar-refractivity contribution in [1.82, 2.24) is 4.90 Å². The number of carbonyl (C=O) groups is 1. The fourth-order valence-corrected chi connectivity index (χ4v) is 1.92. The molecular formula is C13H17BrFNO2. The predicted octanol–water partition coefficient (Wildman–Crippen LogP) is 3.09. The van der Waals surface area contributed by atoms with Crippen molar-refractivity contribution < 1.29 is 13.9 Å². The molecule has 0 aliphatic carbocycles. The van der Waals surface area contributed by atoms with E-state index in [0.717, 1.165) is 0 Å². The molecule has 1 amide bonds. The van der Waals surface area contributed by atoms with Gasteiger partial charge in [-0.3, -0.25) is 4.79 Å². The van der Waals surface area contributed by atoms with Gasteiger partial charge in [0.1, 0.15) is 5.82 Å². The molecule has 0 radical (unpaired) electrons. The van der Waals surface area contributed by atoms with Crippen LogP contribution in [0.3, 0.4) is 0 Å². The fourth-order valence-electron chi connectivity index (χ4n) is 1.40. The Morgan fingerprint density at radius 3 is 2.72 bits per heavy atom. The smallest absolute Gasteiger partial charge is 0.254 e. The van der Waals surface area contributed by atoms with Gasteiger partial charge in [0.2, 0.25) is 0 Å². The van der Waals surface area contributed by atoms with E-state index in [2.05, 4.69) is 15.9 Å². The number of hydrogen-bond acceptors (Lipinski definition) is 2. The van der Waals surface area contributed by atoms with Crippen molar-refractivity contribution in [3.05, 3.63) is 34.1 Å². The van der Waals surface area contributed by atoms with E-state index in [1.165, 1.54) is 18.2 Å². The van der Waals surface area contributed by atoms with Crippen LogP contribution in [-0.4, -0.2) is 37.1 Å². The number of rotatable bonds is 5. The molecule has 5 heteroatoms. The highest BCUT2D eigenvalue weighted by Crippen LogP contribution is 2.19. The summed E-state index contributed by atoms with van der Waals surface area (Å²) in [5.41, 5.74) is 0.448. The summed E-state index contributed by atoms with van der Waals surface area (Å²) in [5, 5.41) is 0. The first kappa shape index (κ1) is 15.1. The lowest BCUT2D eigenvalue weighted by atomic mass is 10.2. The molecule has 0 bridgehead atoms. The van der Waals surface area contributed by atoms with Gasteiger partial charge in [-0.25, -0.2) is 4.39 Å². The first-order valence-electron chi connectivity index (χ1n) is 5.74. The Hall–Kier alpha value is -0.940. The maximum Gasteiger partial charge on any atom is 0.254 e. The first-order valence-corrected chi connectivity index (χ1v) is 6.53. The van der Waals surface area contributed by atoms with Gasteiger partial charge in [-0.05, 0) is 48.0 Å². The Morgan fingerprint density at radius 1 is 1.50 bits per heavy atom. The van der Waals surface area contributed by atoms with Crippen molar-refractivity contribution in [3.63, 3.8) is 0 Å². The summed E-state index contributed by atoms with van der Waals surface area (Å²) >= 11 is 3.19. The van der Waals surface area contributed by atoms with Crippen molar-refractivity contribution in [2.75, 3.05) is 20.2 Å². The molecular weight excluding hydrogens is 301 g/mol. The van der Waals surface area contributed by atoms with Crippen LogP contribution in [0.4, 0.5) is 4.39 Å². The minimum Gasteiger partial charge on any atom is -0.377 e. The van der Waals surface area contributed by atoms with Gasteiger partial charge in [0.25, 0.3) is 5.91 Å². The molecule has 0 heterocycles. The number of halogens is 2. The molecule has 0 saturated heterocycles. The quantitative estimate of drug-likeness (QED) is 0.835. The molecule has 0 spiro atoms. The predicted molar refractivity (Wildman–Crippen MR) is 72.1 cm³/mol. The number of likely N-dealkylation sites (N-methyl/N-ethyl adjacent to an activating group) is 1. The second kappa shape index (κ2) is 6.85. The molecule has 0 N–H and O–H groups in total. The lowest BCUT2D eigenvalue weighted by Crippen LogP contribution is -2.31. The second-order valence-corrected chi connectivity index (χ2v) is 5.12. The van der Waals surface area contributed by atoms with Crippen LogP contribution in [0, 0.1) is 5.82 Å². The average molecular weight is 318 g/mol. The molecule has 1 aromatic rings. The molecule has 18 heavy (non-hydrogen) atoms. The average Bonchev–Trinajstić information content (AvgIpc) is 2.27. The molecule has 0 aliphatic heterocycles. The summed E-state index contributed by atoms with van der Waals surface area (Å²) in [6.45, 7) is 4.87. The monoisotopic (exact) mass is 317 g/mol. The molecule has 0 fully saturated rings. The zero-order valence-electron chi connectivity index (χ0n) is 10.7. The number of hydrogen-bond donors (Lipinski definition) is 0. The van der Waals surface area contributed by atoms with Crippen molar-refractivity contribution in [2.45, 2.75) is 20.0 Å². The standard InChI is InChI=1S/C13H17BrFNO2/c1-9(2)18-7-6-16(3)13(17)11-5-4-10(15)8-12(11)14/h4-5,8-9H,6-7H2,1-3H3. The van der Waals surface area contributed by atoms with E-state index < -0.39 is 0 Å². The van der Waals surface area contributed by atoms with E-state index in [1.807, 2.05) is 13.8 Å². The molecule has 3 nitrogen and oxygen atoms in total. The van der Waals surface area contributed by atoms with Gasteiger partial charge in [0.15, 0.2) is 0 Å². The van der Waals surface area contributed by atoms with Crippen LogP contribution in [0.2, 0.25) is 0 Å². The van der Waals surface area contributed by atoms with Gasteiger partial charge in [0, 0.05) is 18.1 Å². The van der Waals surface area contributed by atoms with Crippen LogP contribution in [0.1, 0.15) is 24.2 Å². The molecule has 0 saturated carbocycles. The van der Waals surface area contributed by atoms with Gasteiger partial charge in [-0.1, -0.05) is 0 Å². The topological polar surface area (TPSA) is 29.5 Å². The van der Waals surface area contributed by atoms with E-state index in [9.17, 15) is 9.18 Å². The Labute approximate surface area is 115 Å². The van der Waals surface area contributed by atoms with Crippen LogP contribution in [-0.2, 0) is 4.74 Å².